The molecule has 2 fully saturated rings. The van der Waals surface area contributed by atoms with Crippen LogP contribution in [0.25, 0.3) is 10.7 Å². The highest BCUT2D eigenvalue weighted by Gasteiger charge is 2.46. The molecule has 2 aromatic heterocycles. The van der Waals surface area contributed by atoms with Gasteiger partial charge in [0.25, 0.3) is 0 Å². The number of nitrogens with zero attached hydrogens (tertiary/aromatic N) is 4. The molecule has 0 saturated carbocycles. The van der Waals surface area contributed by atoms with Crippen LogP contribution in [0.1, 0.15) is 6.42 Å². The Morgan fingerprint density at radius 3 is 2.95 bits per heavy atom. The maximum Gasteiger partial charge on any atom is 0.208 e. The fourth-order valence-electron chi connectivity index (χ4n) is 2.73. The summed E-state index contributed by atoms with van der Waals surface area (Å²) in [5.41, 5.74) is 1.28. The molecule has 0 N–H and O–H groups in total. The molecular formula is C13H14N4OS. The van der Waals surface area contributed by atoms with Crippen molar-refractivity contribution in [2.24, 2.45) is 5.41 Å². The van der Waals surface area contributed by atoms with E-state index in [0.29, 0.717) is 5.41 Å². The predicted molar refractivity (Wildman–Crippen MR) is 73.2 cm³/mol. The fourth-order valence-corrected chi connectivity index (χ4v) is 3.55. The van der Waals surface area contributed by atoms with Gasteiger partial charge in [-0.3, -0.25) is 4.98 Å². The second-order valence-corrected chi connectivity index (χ2v) is 6.22. The molecule has 5 nitrogen and oxygen atoms in total. The molecule has 0 amide bonds. The summed E-state index contributed by atoms with van der Waals surface area (Å²) >= 11 is 1.61. The SMILES string of the molecule is c1ccc(-c2nnc(N3CC4(CCOC4)C3)s2)nc1. The second-order valence-electron chi connectivity index (χ2n) is 5.26. The Labute approximate surface area is 115 Å². The minimum absolute atomic E-state index is 0.386. The largest absolute Gasteiger partial charge is 0.381 e. The van der Waals surface area contributed by atoms with Crippen LogP contribution in [0.4, 0.5) is 5.13 Å². The Kier molecular flexibility index (Phi) is 2.53. The first-order valence-electron chi connectivity index (χ1n) is 6.42. The first-order chi connectivity index (χ1) is 9.35. The van der Waals surface area contributed by atoms with Gasteiger partial charge in [0, 0.05) is 31.3 Å². The molecule has 0 bridgehead atoms. The van der Waals surface area contributed by atoms with E-state index in [1.165, 1.54) is 6.42 Å². The Morgan fingerprint density at radius 2 is 2.21 bits per heavy atom. The Morgan fingerprint density at radius 1 is 1.26 bits per heavy atom. The molecule has 2 saturated heterocycles. The maximum absolute atomic E-state index is 5.49. The molecule has 2 aliphatic rings. The third-order valence-electron chi connectivity index (χ3n) is 3.81. The van der Waals surface area contributed by atoms with E-state index in [9.17, 15) is 0 Å². The molecule has 0 aliphatic carbocycles. The average molecular weight is 274 g/mol. The predicted octanol–water partition coefficient (Wildman–Crippen LogP) is 1.83. The summed E-state index contributed by atoms with van der Waals surface area (Å²) in [7, 11) is 0. The van der Waals surface area contributed by atoms with Crippen LogP contribution < -0.4 is 4.90 Å². The summed E-state index contributed by atoms with van der Waals surface area (Å²) in [5.74, 6) is 0. The van der Waals surface area contributed by atoms with Crippen LogP contribution in [0, 0.1) is 5.41 Å². The number of hydrogen-bond donors (Lipinski definition) is 0. The molecule has 4 heterocycles. The van der Waals surface area contributed by atoms with E-state index in [0.717, 1.165) is 42.1 Å². The summed E-state index contributed by atoms with van der Waals surface area (Å²) in [6, 6.07) is 5.84. The van der Waals surface area contributed by atoms with Crippen LogP contribution in [0.3, 0.4) is 0 Å². The molecule has 98 valence electrons. The molecule has 4 rings (SSSR count). The molecule has 0 aromatic carbocycles. The van der Waals surface area contributed by atoms with Gasteiger partial charge in [0.1, 0.15) is 5.69 Å². The number of pyridine rings is 1. The van der Waals surface area contributed by atoms with Gasteiger partial charge in [-0.15, -0.1) is 10.2 Å². The Balaban J connectivity index is 1.51. The summed E-state index contributed by atoms with van der Waals surface area (Å²) < 4.78 is 5.49. The van der Waals surface area contributed by atoms with Crippen LogP contribution in [0.5, 0.6) is 0 Å². The first-order valence-corrected chi connectivity index (χ1v) is 7.24. The van der Waals surface area contributed by atoms with Gasteiger partial charge in [0.2, 0.25) is 5.13 Å². The van der Waals surface area contributed by atoms with Gasteiger partial charge in [-0.05, 0) is 18.6 Å². The summed E-state index contributed by atoms with van der Waals surface area (Å²) in [6.07, 6.45) is 2.96. The molecule has 6 heteroatoms. The van der Waals surface area contributed by atoms with Crippen molar-refractivity contribution in [3.8, 4) is 10.7 Å². The smallest absolute Gasteiger partial charge is 0.208 e. The van der Waals surface area contributed by atoms with Gasteiger partial charge in [0.15, 0.2) is 5.01 Å². The molecule has 1 spiro atoms. The van der Waals surface area contributed by atoms with Gasteiger partial charge in [0.05, 0.1) is 6.61 Å². The van der Waals surface area contributed by atoms with E-state index < -0.39 is 0 Å². The van der Waals surface area contributed by atoms with E-state index >= 15 is 0 Å². The standard InChI is InChI=1S/C13H14N4OS/c1-2-5-14-10(3-1)11-15-16-12(19-11)17-7-13(8-17)4-6-18-9-13/h1-3,5H,4,6-9H2. The zero-order valence-corrected chi connectivity index (χ0v) is 11.3. The van der Waals surface area contributed by atoms with Crippen LogP contribution in [0.2, 0.25) is 0 Å². The molecule has 0 unspecified atom stereocenters. The summed E-state index contributed by atoms with van der Waals surface area (Å²) in [6.45, 7) is 3.90. The molecule has 0 radical (unpaired) electrons. The molecule has 2 aromatic rings. The minimum atomic E-state index is 0.386. The van der Waals surface area contributed by atoms with Gasteiger partial charge in [-0.1, -0.05) is 17.4 Å². The molecule has 0 atom stereocenters. The number of hydrogen-bond acceptors (Lipinski definition) is 6. The lowest BCUT2D eigenvalue weighted by atomic mass is 9.80. The number of rotatable bonds is 2. The lowest BCUT2D eigenvalue weighted by Crippen LogP contribution is -2.56. The molecule has 19 heavy (non-hydrogen) atoms. The lowest BCUT2D eigenvalue weighted by molar-refractivity contribution is 0.131. The summed E-state index contributed by atoms with van der Waals surface area (Å²) in [5, 5.41) is 10.4. The summed E-state index contributed by atoms with van der Waals surface area (Å²) in [4.78, 5) is 6.60. The third-order valence-corrected chi connectivity index (χ3v) is 4.81. The molecular weight excluding hydrogens is 260 g/mol. The van der Waals surface area contributed by atoms with Crippen molar-refractivity contribution in [3.63, 3.8) is 0 Å². The molecule has 2 aliphatic heterocycles. The topological polar surface area (TPSA) is 51.1 Å². The van der Waals surface area contributed by atoms with Crippen molar-refractivity contribution in [1.82, 2.24) is 15.2 Å². The van der Waals surface area contributed by atoms with E-state index in [2.05, 4.69) is 20.1 Å². The van der Waals surface area contributed by atoms with E-state index in [-0.39, 0.29) is 0 Å². The zero-order chi connectivity index (χ0) is 12.7. The van der Waals surface area contributed by atoms with Gasteiger partial charge in [-0.2, -0.15) is 0 Å². The number of aromatic nitrogens is 3. The van der Waals surface area contributed by atoms with Gasteiger partial charge < -0.3 is 9.64 Å². The van der Waals surface area contributed by atoms with Crippen molar-refractivity contribution in [1.29, 1.82) is 0 Å². The van der Waals surface area contributed by atoms with Crippen molar-refractivity contribution in [3.05, 3.63) is 24.4 Å². The van der Waals surface area contributed by atoms with E-state index in [1.807, 2.05) is 18.2 Å². The van der Waals surface area contributed by atoms with Crippen molar-refractivity contribution >= 4 is 16.5 Å². The van der Waals surface area contributed by atoms with Crippen LogP contribution in [0.15, 0.2) is 24.4 Å². The normalized spacial score (nSPS) is 20.7. The lowest BCUT2D eigenvalue weighted by Gasteiger charge is -2.46. The van der Waals surface area contributed by atoms with Gasteiger partial charge in [-0.25, -0.2) is 0 Å². The van der Waals surface area contributed by atoms with Crippen LogP contribution in [-0.4, -0.2) is 41.5 Å². The maximum atomic E-state index is 5.49. The van der Waals surface area contributed by atoms with Crippen LogP contribution in [-0.2, 0) is 4.74 Å². The Hall–Kier alpha value is -1.53. The number of anilines is 1. The van der Waals surface area contributed by atoms with Crippen molar-refractivity contribution in [2.45, 2.75) is 6.42 Å². The number of ether oxygens (including phenoxy) is 1. The highest BCUT2D eigenvalue weighted by Crippen LogP contribution is 2.42. The third kappa shape index (κ3) is 1.91. The highest BCUT2D eigenvalue weighted by atomic mass is 32.1. The van der Waals surface area contributed by atoms with Crippen molar-refractivity contribution in [2.75, 3.05) is 31.2 Å². The minimum Gasteiger partial charge on any atom is -0.381 e. The fraction of sp³-hybridized carbons (Fsp3) is 0.462. The van der Waals surface area contributed by atoms with Crippen molar-refractivity contribution < 1.29 is 4.74 Å². The van der Waals surface area contributed by atoms with Crippen LogP contribution >= 0.6 is 11.3 Å². The van der Waals surface area contributed by atoms with E-state index in [1.54, 1.807) is 17.5 Å². The zero-order valence-electron chi connectivity index (χ0n) is 10.5. The first kappa shape index (κ1) is 11.3. The van der Waals surface area contributed by atoms with E-state index in [4.69, 9.17) is 4.74 Å². The quantitative estimate of drug-likeness (QED) is 0.836. The highest BCUT2D eigenvalue weighted by molar-refractivity contribution is 7.18. The monoisotopic (exact) mass is 274 g/mol. The average Bonchev–Trinajstić information content (AvgIpc) is 3.07. The van der Waals surface area contributed by atoms with Gasteiger partial charge >= 0.3 is 0 Å². The Bertz CT molecular complexity index is 571. The second kappa shape index (κ2) is 4.25.